The number of carbonyl (C=O) groups excluding carboxylic acids is 3. The lowest BCUT2D eigenvalue weighted by molar-refractivity contribution is -0.131. The molecule has 41 heavy (non-hydrogen) atoms. The minimum atomic E-state index is -1.33. The molecule has 0 saturated heterocycles. The van der Waals surface area contributed by atoms with Crippen LogP contribution in [0.4, 0.5) is 20.2 Å². The fourth-order valence-electron chi connectivity index (χ4n) is 3.88. The monoisotopic (exact) mass is 564 g/mol. The van der Waals surface area contributed by atoms with Crippen molar-refractivity contribution in [2.45, 2.75) is 12.8 Å². The number of anilines is 2. The molecule has 210 valence electrons. The number of nitrogens with two attached hydrogens (primary N) is 1. The minimum Gasteiger partial charge on any atom is -0.478 e. The van der Waals surface area contributed by atoms with Crippen molar-refractivity contribution in [3.8, 4) is 23.3 Å². The summed E-state index contributed by atoms with van der Waals surface area (Å²) in [6.45, 7) is -0.405. The number of benzene rings is 1. The van der Waals surface area contributed by atoms with E-state index in [1.807, 2.05) is 0 Å². The number of pyridine rings is 3. The lowest BCUT2D eigenvalue weighted by atomic mass is 10.0. The molecule has 3 heterocycles. The molecule has 1 aliphatic carbocycles. The third kappa shape index (κ3) is 5.80. The summed E-state index contributed by atoms with van der Waals surface area (Å²) in [5, 5.41) is 5.12. The molecule has 3 aromatic heterocycles. The summed E-state index contributed by atoms with van der Waals surface area (Å²) in [4.78, 5) is 49.2. The molecule has 12 nitrogen and oxygen atoms in total. The molecule has 5 rings (SSSR count). The maximum atomic E-state index is 15.0. The Labute approximate surface area is 230 Å². The number of rotatable bonds is 10. The number of amides is 3. The molecular formula is C27H22F2N6O6. The van der Waals surface area contributed by atoms with Crippen LogP contribution in [0.5, 0.6) is 23.3 Å². The van der Waals surface area contributed by atoms with Crippen molar-refractivity contribution in [1.82, 2.24) is 15.0 Å². The molecule has 0 unspecified atom stereocenters. The van der Waals surface area contributed by atoms with Gasteiger partial charge in [-0.1, -0.05) is 0 Å². The number of carbonyl (C=O) groups is 3. The number of hydrogen-bond acceptors (Lipinski definition) is 9. The smallest absolute Gasteiger partial charge is 0.257 e. The molecule has 3 amide bonds. The number of methoxy groups -OCH3 is 1. The van der Waals surface area contributed by atoms with Crippen molar-refractivity contribution >= 4 is 40.1 Å². The largest absolute Gasteiger partial charge is 0.478 e. The number of ether oxygens (including phenoxy) is 3. The standard InChI is InChI=1S/C27H22F2N6O6/c1-39-24-20(40-13-21(30)36)11-18-22(35-24)19(6-9-31-18)41-23-17(29)10-16(12-32-23)34-26(38)27(7-8-27)25(37)33-15-4-2-14(28)3-5-15/h2-6,9-12H,7-8,13H2,1H3,(H2,30,36)(H,33,37)(H,34,38). The number of aromatic nitrogens is 3. The molecule has 1 aliphatic rings. The lowest BCUT2D eigenvalue weighted by Crippen LogP contribution is -2.35. The van der Waals surface area contributed by atoms with Crippen molar-refractivity contribution in [2.24, 2.45) is 11.1 Å². The zero-order valence-electron chi connectivity index (χ0n) is 21.4. The summed E-state index contributed by atoms with van der Waals surface area (Å²) in [5.41, 5.74) is 4.63. The molecule has 1 aromatic carbocycles. The number of nitrogens with zero attached hydrogens (tertiary/aromatic N) is 3. The summed E-state index contributed by atoms with van der Waals surface area (Å²) in [7, 11) is 1.34. The van der Waals surface area contributed by atoms with Crippen LogP contribution in [0.1, 0.15) is 12.8 Å². The van der Waals surface area contributed by atoms with Crippen molar-refractivity contribution in [2.75, 3.05) is 24.4 Å². The highest BCUT2D eigenvalue weighted by atomic mass is 19.1. The summed E-state index contributed by atoms with van der Waals surface area (Å²) in [6.07, 6.45) is 3.16. The van der Waals surface area contributed by atoms with Gasteiger partial charge >= 0.3 is 0 Å². The van der Waals surface area contributed by atoms with Crippen LogP contribution in [0.3, 0.4) is 0 Å². The zero-order valence-corrected chi connectivity index (χ0v) is 21.4. The Balaban J connectivity index is 1.30. The number of halogens is 2. The van der Waals surface area contributed by atoms with Crippen molar-refractivity contribution < 1.29 is 37.4 Å². The minimum absolute atomic E-state index is 0.0105. The van der Waals surface area contributed by atoms with Gasteiger partial charge in [-0.15, -0.1) is 0 Å². The number of fused-ring (bicyclic) bond motifs is 1. The third-order valence-corrected chi connectivity index (χ3v) is 6.16. The summed E-state index contributed by atoms with van der Waals surface area (Å²) >= 11 is 0. The molecule has 0 bridgehead atoms. The molecular weight excluding hydrogens is 542 g/mol. The second kappa shape index (κ2) is 11.0. The second-order valence-electron chi connectivity index (χ2n) is 9.04. The second-order valence-corrected chi connectivity index (χ2v) is 9.04. The molecule has 4 N–H and O–H groups in total. The van der Waals surface area contributed by atoms with E-state index in [9.17, 15) is 23.2 Å². The predicted molar refractivity (Wildman–Crippen MR) is 140 cm³/mol. The Morgan fingerprint density at radius 2 is 1.66 bits per heavy atom. The van der Waals surface area contributed by atoms with Gasteiger partial charge in [-0.2, -0.15) is 0 Å². The maximum Gasteiger partial charge on any atom is 0.257 e. The lowest BCUT2D eigenvalue weighted by Gasteiger charge is -2.16. The molecule has 0 radical (unpaired) electrons. The Kier molecular flexibility index (Phi) is 7.29. The van der Waals surface area contributed by atoms with Gasteiger partial charge in [-0.05, 0) is 37.1 Å². The van der Waals surface area contributed by atoms with Crippen LogP contribution < -0.4 is 30.6 Å². The van der Waals surface area contributed by atoms with Gasteiger partial charge in [0.15, 0.2) is 23.9 Å². The highest BCUT2D eigenvalue weighted by Gasteiger charge is 2.56. The van der Waals surface area contributed by atoms with Gasteiger partial charge in [0.05, 0.1) is 24.5 Å². The highest BCUT2D eigenvalue weighted by Crippen LogP contribution is 2.47. The Morgan fingerprint density at radius 3 is 2.29 bits per heavy atom. The Hall–Kier alpha value is -5.40. The normalized spacial score (nSPS) is 13.2. The fourth-order valence-corrected chi connectivity index (χ4v) is 3.88. The molecule has 0 spiro atoms. The zero-order chi connectivity index (χ0) is 29.1. The van der Waals surface area contributed by atoms with Gasteiger partial charge in [0.1, 0.15) is 16.7 Å². The van der Waals surface area contributed by atoms with E-state index in [4.69, 9.17) is 19.9 Å². The van der Waals surface area contributed by atoms with E-state index < -0.39 is 47.3 Å². The van der Waals surface area contributed by atoms with E-state index in [1.165, 1.54) is 55.9 Å². The first-order valence-corrected chi connectivity index (χ1v) is 12.2. The van der Waals surface area contributed by atoms with E-state index in [1.54, 1.807) is 0 Å². The van der Waals surface area contributed by atoms with Crippen LogP contribution in [0.15, 0.2) is 54.9 Å². The molecule has 1 saturated carbocycles. The van der Waals surface area contributed by atoms with Gasteiger partial charge in [-0.3, -0.25) is 19.4 Å². The molecule has 0 atom stereocenters. The van der Waals surface area contributed by atoms with Crippen molar-refractivity contribution in [1.29, 1.82) is 0 Å². The Bertz CT molecular complexity index is 1660. The first kappa shape index (κ1) is 27.2. The van der Waals surface area contributed by atoms with E-state index in [0.717, 1.165) is 6.07 Å². The van der Waals surface area contributed by atoms with Gasteiger partial charge in [-0.25, -0.2) is 18.7 Å². The van der Waals surface area contributed by atoms with Gasteiger partial charge in [0, 0.05) is 30.1 Å². The molecule has 14 heteroatoms. The average molecular weight is 565 g/mol. The molecule has 1 fully saturated rings. The quantitative estimate of drug-likeness (QED) is 0.245. The van der Waals surface area contributed by atoms with E-state index in [2.05, 4.69) is 25.6 Å². The van der Waals surface area contributed by atoms with Crippen LogP contribution in [0.25, 0.3) is 11.0 Å². The first-order valence-electron chi connectivity index (χ1n) is 12.2. The van der Waals surface area contributed by atoms with Crippen molar-refractivity contribution in [3.63, 3.8) is 0 Å². The average Bonchev–Trinajstić information content (AvgIpc) is 3.77. The number of nitrogens with one attached hydrogen (secondary N) is 2. The van der Waals surface area contributed by atoms with E-state index >= 15 is 0 Å². The van der Waals surface area contributed by atoms with Crippen LogP contribution in [0, 0.1) is 17.0 Å². The van der Waals surface area contributed by atoms with Gasteiger partial charge in [0.25, 0.3) is 17.7 Å². The maximum absolute atomic E-state index is 15.0. The molecule has 0 aliphatic heterocycles. The van der Waals surface area contributed by atoms with Crippen LogP contribution >= 0.6 is 0 Å². The number of primary amides is 1. The van der Waals surface area contributed by atoms with E-state index in [0.29, 0.717) is 24.0 Å². The SMILES string of the molecule is COc1nc2c(Oc3ncc(NC(=O)C4(C(=O)Nc5ccc(F)cc5)CC4)cc3F)ccnc2cc1OCC(N)=O. The fraction of sp³-hybridized carbons (Fsp3) is 0.185. The predicted octanol–water partition coefficient (Wildman–Crippen LogP) is 3.33. The Morgan fingerprint density at radius 1 is 0.951 bits per heavy atom. The topological polar surface area (TPSA) is 168 Å². The summed E-state index contributed by atoms with van der Waals surface area (Å²) in [5.74, 6) is -3.43. The van der Waals surface area contributed by atoms with E-state index in [-0.39, 0.29) is 28.6 Å². The van der Waals surface area contributed by atoms with Crippen molar-refractivity contribution in [3.05, 3.63) is 66.5 Å². The summed E-state index contributed by atoms with van der Waals surface area (Å²) < 4.78 is 44.3. The number of hydrogen-bond donors (Lipinski definition) is 3. The third-order valence-electron chi connectivity index (χ3n) is 6.16. The highest BCUT2D eigenvalue weighted by molar-refractivity contribution is 6.16. The summed E-state index contributed by atoms with van der Waals surface area (Å²) in [6, 6.07) is 9.04. The first-order chi connectivity index (χ1) is 19.7. The molecule has 4 aromatic rings. The van der Waals surface area contributed by atoms with Crippen LogP contribution in [-0.4, -0.2) is 46.4 Å². The van der Waals surface area contributed by atoms with Gasteiger partial charge in [0.2, 0.25) is 11.8 Å². The van der Waals surface area contributed by atoms with Gasteiger partial charge < -0.3 is 30.6 Å². The van der Waals surface area contributed by atoms with Crippen LogP contribution in [-0.2, 0) is 14.4 Å². The van der Waals surface area contributed by atoms with Crippen LogP contribution in [0.2, 0.25) is 0 Å².